The first kappa shape index (κ1) is 15.0. The fraction of sp³-hybridized carbons (Fsp3) is 0.412. The van der Waals surface area contributed by atoms with E-state index in [1.54, 1.807) is 7.11 Å². The summed E-state index contributed by atoms with van der Waals surface area (Å²) in [5.41, 5.74) is 1.46. The number of aryl methyl sites for hydroxylation is 2. The van der Waals surface area contributed by atoms with Gasteiger partial charge in [0.15, 0.2) is 5.13 Å². The molecule has 5 heteroatoms. The minimum atomic E-state index is -0.486. The highest BCUT2D eigenvalue weighted by Crippen LogP contribution is 2.48. The van der Waals surface area contributed by atoms with Crippen molar-refractivity contribution in [1.29, 1.82) is 0 Å². The van der Waals surface area contributed by atoms with Crippen molar-refractivity contribution in [3.63, 3.8) is 0 Å². The van der Waals surface area contributed by atoms with Crippen LogP contribution in [0.15, 0.2) is 24.3 Å². The molecule has 0 atom stereocenters. The van der Waals surface area contributed by atoms with Crippen LogP contribution in [-0.4, -0.2) is 18.0 Å². The predicted octanol–water partition coefficient (Wildman–Crippen LogP) is 3.83. The number of hydrogen-bond donors (Lipinski definition) is 1. The standard InChI is InChI=1S/C17H20N2O2S/c1-11-12(2)22-16(18-11)19-15(20)17(9-6-10-17)13-7-4-5-8-14(13)21-3/h4-5,7-8H,6,9-10H2,1-3H3,(H,18,19,20). The second-order valence-corrected chi connectivity index (χ2v) is 6.95. The lowest BCUT2D eigenvalue weighted by molar-refractivity contribution is -0.124. The molecule has 2 aromatic rings. The van der Waals surface area contributed by atoms with Crippen molar-refractivity contribution in [2.45, 2.75) is 38.5 Å². The molecule has 0 saturated heterocycles. The number of anilines is 1. The molecule has 0 unspecified atom stereocenters. The second-order valence-electron chi connectivity index (χ2n) is 5.75. The van der Waals surface area contributed by atoms with Gasteiger partial charge in [-0.25, -0.2) is 4.98 Å². The highest BCUT2D eigenvalue weighted by Gasteiger charge is 2.47. The van der Waals surface area contributed by atoms with E-state index >= 15 is 0 Å². The quantitative estimate of drug-likeness (QED) is 0.932. The van der Waals surface area contributed by atoms with Gasteiger partial charge in [-0.05, 0) is 32.8 Å². The zero-order chi connectivity index (χ0) is 15.7. The number of thiazole rings is 1. The number of methoxy groups -OCH3 is 1. The molecule has 1 fully saturated rings. The summed E-state index contributed by atoms with van der Waals surface area (Å²) in [4.78, 5) is 18.5. The number of nitrogens with zero attached hydrogens (tertiary/aromatic N) is 1. The van der Waals surface area contributed by atoms with E-state index in [9.17, 15) is 4.79 Å². The summed E-state index contributed by atoms with van der Waals surface area (Å²) >= 11 is 1.52. The van der Waals surface area contributed by atoms with Crippen LogP contribution in [0.5, 0.6) is 5.75 Å². The molecule has 1 aromatic carbocycles. The number of rotatable bonds is 4. The van der Waals surface area contributed by atoms with Gasteiger partial charge in [-0.3, -0.25) is 4.79 Å². The first-order valence-electron chi connectivity index (χ1n) is 7.46. The SMILES string of the molecule is COc1ccccc1C1(C(=O)Nc2nc(C)c(C)s2)CCC1. The van der Waals surface area contributed by atoms with Crippen molar-refractivity contribution in [1.82, 2.24) is 4.98 Å². The number of carbonyl (C=O) groups is 1. The van der Waals surface area contributed by atoms with Gasteiger partial charge in [-0.1, -0.05) is 24.6 Å². The molecule has 1 amide bonds. The smallest absolute Gasteiger partial charge is 0.236 e. The number of carbonyl (C=O) groups excluding carboxylic acids is 1. The third kappa shape index (κ3) is 2.39. The van der Waals surface area contributed by atoms with Crippen molar-refractivity contribution < 1.29 is 9.53 Å². The second kappa shape index (κ2) is 5.72. The first-order chi connectivity index (χ1) is 10.6. The van der Waals surface area contributed by atoms with E-state index in [2.05, 4.69) is 10.3 Å². The van der Waals surface area contributed by atoms with Crippen LogP contribution < -0.4 is 10.1 Å². The number of nitrogens with one attached hydrogen (secondary N) is 1. The van der Waals surface area contributed by atoms with Crippen LogP contribution in [0.25, 0.3) is 0 Å². The third-order valence-corrected chi connectivity index (χ3v) is 5.50. The fourth-order valence-electron chi connectivity index (χ4n) is 2.93. The lowest BCUT2D eigenvalue weighted by atomic mass is 9.63. The fourth-order valence-corrected chi connectivity index (χ4v) is 3.74. The highest BCUT2D eigenvalue weighted by atomic mass is 32.1. The van der Waals surface area contributed by atoms with Gasteiger partial charge in [-0.2, -0.15) is 0 Å². The predicted molar refractivity (Wildman–Crippen MR) is 88.7 cm³/mol. The van der Waals surface area contributed by atoms with Gasteiger partial charge in [0.2, 0.25) is 5.91 Å². The summed E-state index contributed by atoms with van der Waals surface area (Å²) in [6, 6.07) is 7.80. The van der Waals surface area contributed by atoms with Crippen LogP contribution in [0.2, 0.25) is 0 Å². The molecule has 116 valence electrons. The van der Waals surface area contributed by atoms with Gasteiger partial charge in [-0.15, -0.1) is 11.3 Å². The van der Waals surface area contributed by atoms with Gasteiger partial charge < -0.3 is 10.1 Å². The van der Waals surface area contributed by atoms with Crippen molar-refractivity contribution in [2.24, 2.45) is 0 Å². The maximum Gasteiger partial charge on any atom is 0.236 e. The maximum atomic E-state index is 12.9. The molecule has 22 heavy (non-hydrogen) atoms. The molecule has 1 heterocycles. The van der Waals surface area contributed by atoms with Crippen LogP contribution in [0, 0.1) is 13.8 Å². The van der Waals surface area contributed by atoms with E-state index in [0.29, 0.717) is 5.13 Å². The molecule has 0 radical (unpaired) electrons. The molecule has 0 spiro atoms. The first-order valence-corrected chi connectivity index (χ1v) is 8.27. The average molecular weight is 316 g/mol. The summed E-state index contributed by atoms with van der Waals surface area (Å²) in [7, 11) is 1.65. The molecule has 1 aliphatic carbocycles. The Morgan fingerprint density at radius 2 is 2.05 bits per heavy atom. The summed E-state index contributed by atoms with van der Waals surface area (Å²) in [5, 5.41) is 3.69. The average Bonchev–Trinajstić information content (AvgIpc) is 2.76. The van der Waals surface area contributed by atoms with Crippen molar-refractivity contribution in [3.8, 4) is 5.75 Å². The zero-order valence-corrected chi connectivity index (χ0v) is 13.9. The molecule has 1 aromatic heterocycles. The summed E-state index contributed by atoms with van der Waals surface area (Å²) in [6.45, 7) is 3.98. The molecule has 1 N–H and O–H groups in total. The normalized spacial score (nSPS) is 16.0. The Kier molecular flexibility index (Phi) is 3.91. The van der Waals surface area contributed by atoms with Gasteiger partial charge in [0.05, 0.1) is 18.2 Å². The Morgan fingerprint density at radius 1 is 1.32 bits per heavy atom. The Hall–Kier alpha value is -1.88. The van der Waals surface area contributed by atoms with E-state index in [-0.39, 0.29) is 5.91 Å². The van der Waals surface area contributed by atoms with Gasteiger partial charge in [0.25, 0.3) is 0 Å². The molecule has 0 aliphatic heterocycles. The monoisotopic (exact) mass is 316 g/mol. The van der Waals surface area contributed by atoms with Gasteiger partial charge in [0, 0.05) is 10.4 Å². The minimum absolute atomic E-state index is 0.0250. The minimum Gasteiger partial charge on any atom is -0.496 e. The van der Waals surface area contributed by atoms with E-state index in [1.807, 2.05) is 38.1 Å². The Morgan fingerprint density at radius 3 is 2.59 bits per heavy atom. The van der Waals surface area contributed by atoms with Gasteiger partial charge >= 0.3 is 0 Å². The van der Waals surface area contributed by atoms with Crippen molar-refractivity contribution >= 4 is 22.4 Å². The maximum absolute atomic E-state index is 12.9. The van der Waals surface area contributed by atoms with E-state index < -0.39 is 5.41 Å². The molecular formula is C17H20N2O2S. The number of ether oxygens (including phenoxy) is 1. The number of benzene rings is 1. The molecule has 1 aliphatic rings. The molecule has 0 bridgehead atoms. The zero-order valence-electron chi connectivity index (χ0n) is 13.1. The van der Waals surface area contributed by atoms with Gasteiger partial charge in [0.1, 0.15) is 5.75 Å². The van der Waals surface area contributed by atoms with Crippen LogP contribution in [0.1, 0.15) is 35.4 Å². The number of aromatic nitrogens is 1. The van der Waals surface area contributed by atoms with Crippen molar-refractivity contribution in [3.05, 3.63) is 40.4 Å². The Labute approximate surface area is 134 Å². The summed E-state index contributed by atoms with van der Waals surface area (Å²) in [5.74, 6) is 0.806. The molecular weight excluding hydrogens is 296 g/mol. The number of amides is 1. The lowest BCUT2D eigenvalue weighted by Crippen LogP contribution is -2.46. The lowest BCUT2D eigenvalue weighted by Gasteiger charge is -2.41. The molecule has 4 nitrogen and oxygen atoms in total. The number of para-hydroxylation sites is 1. The Balaban J connectivity index is 1.91. The summed E-state index contributed by atoms with van der Waals surface area (Å²) in [6.07, 6.45) is 2.76. The third-order valence-electron chi connectivity index (χ3n) is 4.51. The van der Waals surface area contributed by atoms with Crippen LogP contribution >= 0.6 is 11.3 Å². The summed E-state index contributed by atoms with van der Waals surface area (Å²) < 4.78 is 5.46. The topological polar surface area (TPSA) is 51.2 Å². The highest BCUT2D eigenvalue weighted by molar-refractivity contribution is 7.15. The molecule has 3 rings (SSSR count). The largest absolute Gasteiger partial charge is 0.496 e. The van der Waals surface area contributed by atoms with Crippen molar-refractivity contribution in [2.75, 3.05) is 12.4 Å². The Bertz CT molecular complexity index is 685. The molecule has 1 saturated carbocycles. The van der Waals surface area contributed by atoms with E-state index in [0.717, 1.165) is 41.1 Å². The van der Waals surface area contributed by atoms with E-state index in [1.165, 1.54) is 11.3 Å². The van der Waals surface area contributed by atoms with Crippen LogP contribution in [0.3, 0.4) is 0 Å². The van der Waals surface area contributed by atoms with E-state index in [4.69, 9.17) is 4.74 Å². The van der Waals surface area contributed by atoms with Crippen LogP contribution in [-0.2, 0) is 10.2 Å². The number of hydrogen-bond acceptors (Lipinski definition) is 4. The van der Waals surface area contributed by atoms with Crippen LogP contribution in [0.4, 0.5) is 5.13 Å².